The Kier molecular flexibility index (Phi) is 5.35. The van der Waals surface area contributed by atoms with Crippen molar-refractivity contribution < 1.29 is 14.1 Å². The molecule has 2 N–H and O–H groups in total. The first kappa shape index (κ1) is 17.4. The summed E-state index contributed by atoms with van der Waals surface area (Å²) in [5, 5.41) is 17.1. The summed E-state index contributed by atoms with van der Waals surface area (Å²) in [6.45, 7) is 1.14. The number of nitro groups is 1. The summed E-state index contributed by atoms with van der Waals surface area (Å²) >= 11 is 6.12. The van der Waals surface area contributed by atoms with Gasteiger partial charge in [-0.15, -0.1) is 0 Å². The maximum absolute atomic E-state index is 11.9. The number of nitrogens with zero attached hydrogens (tertiary/aromatic N) is 1. The maximum atomic E-state index is 11.9. The van der Waals surface area contributed by atoms with Gasteiger partial charge in [0.15, 0.2) is 0 Å². The molecule has 1 atom stereocenters. The molecule has 1 saturated heterocycles. The molecule has 1 aliphatic rings. The van der Waals surface area contributed by atoms with Gasteiger partial charge in [-0.1, -0.05) is 11.6 Å². The van der Waals surface area contributed by atoms with Crippen LogP contribution in [0.15, 0.2) is 34.7 Å². The van der Waals surface area contributed by atoms with Crippen molar-refractivity contribution in [3.63, 3.8) is 0 Å². The Morgan fingerprint density at radius 3 is 2.92 bits per heavy atom. The van der Waals surface area contributed by atoms with Crippen LogP contribution in [0.5, 0.6) is 0 Å². The van der Waals surface area contributed by atoms with E-state index in [9.17, 15) is 14.9 Å². The molecule has 2 aromatic rings. The Morgan fingerprint density at radius 2 is 2.16 bits per heavy atom. The smallest absolute Gasteiger partial charge is 0.270 e. The van der Waals surface area contributed by atoms with Crippen molar-refractivity contribution >= 4 is 23.2 Å². The fourth-order valence-corrected chi connectivity index (χ4v) is 3.06. The van der Waals surface area contributed by atoms with E-state index < -0.39 is 4.92 Å². The zero-order chi connectivity index (χ0) is 17.8. The second kappa shape index (κ2) is 7.67. The number of benzene rings is 1. The van der Waals surface area contributed by atoms with Crippen molar-refractivity contribution in [3.05, 3.63) is 51.2 Å². The number of non-ortho nitro benzene ring substituents is 1. The molecule has 132 valence electrons. The molecule has 0 aliphatic carbocycles. The molecule has 1 amide bonds. The molecule has 0 spiro atoms. The average Bonchev–Trinajstić information content (AvgIpc) is 2.95. The summed E-state index contributed by atoms with van der Waals surface area (Å²) in [4.78, 5) is 22.2. The minimum Gasteiger partial charge on any atom is -0.460 e. The van der Waals surface area contributed by atoms with E-state index in [2.05, 4.69) is 10.6 Å². The molecule has 1 aromatic carbocycles. The van der Waals surface area contributed by atoms with Crippen molar-refractivity contribution in [2.24, 2.45) is 0 Å². The van der Waals surface area contributed by atoms with Crippen molar-refractivity contribution in [1.29, 1.82) is 0 Å². The lowest BCUT2D eigenvalue weighted by Crippen LogP contribution is -2.42. The normalized spacial score (nSPS) is 17.8. The van der Waals surface area contributed by atoms with Gasteiger partial charge in [0.2, 0.25) is 5.91 Å². The highest BCUT2D eigenvalue weighted by Gasteiger charge is 2.20. The zero-order valence-electron chi connectivity index (χ0n) is 13.5. The van der Waals surface area contributed by atoms with Gasteiger partial charge in [0.1, 0.15) is 11.5 Å². The molecule has 1 fully saturated rings. The lowest BCUT2D eigenvalue weighted by atomic mass is 10.1. The van der Waals surface area contributed by atoms with Crippen LogP contribution in [0.25, 0.3) is 11.3 Å². The van der Waals surface area contributed by atoms with Crippen LogP contribution < -0.4 is 10.6 Å². The van der Waals surface area contributed by atoms with Gasteiger partial charge < -0.3 is 9.73 Å². The van der Waals surface area contributed by atoms with E-state index in [-0.39, 0.29) is 22.7 Å². The van der Waals surface area contributed by atoms with Crippen molar-refractivity contribution in [3.8, 4) is 11.3 Å². The number of nitrogens with one attached hydrogen (secondary N) is 2. The van der Waals surface area contributed by atoms with Crippen LogP contribution in [-0.4, -0.2) is 23.4 Å². The molecule has 1 aliphatic heterocycles. The first-order valence-electron chi connectivity index (χ1n) is 8.09. The van der Waals surface area contributed by atoms with Gasteiger partial charge in [0.05, 0.1) is 22.5 Å². The van der Waals surface area contributed by atoms with Crippen LogP contribution in [0, 0.1) is 10.1 Å². The molecule has 0 radical (unpaired) electrons. The molecular formula is C17H18ClN3O4. The summed E-state index contributed by atoms with van der Waals surface area (Å²) in [5.74, 6) is 1.21. The van der Waals surface area contributed by atoms with Gasteiger partial charge in [0.25, 0.3) is 5.69 Å². The van der Waals surface area contributed by atoms with E-state index in [1.807, 2.05) is 0 Å². The van der Waals surface area contributed by atoms with E-state index in [1.54, 1.807) is 18.2 Å². The lowest BCUT2D eigenvalue weighted by molar-refractivity contribution is -0.384. The third kappa shape index (κ3) is 4.18. The minimum absolute atomic E-state index is 0.0164. The number of halogens is 1. The number of furan rings is 1. The first-order chi connectivity index (χ1) is 12.0. The Labute approximate surface area is 149 Å². The largest absolute Gasteiger partial charge is 0.460 e. The number of nitro benzene ring substituents is 1. The predicted molar refractivity (Wildman–Crippen MR) is 93.3 cm³/mol. The van der Waals surface area contributed by atoms with E-state index in [0.29, 0.717) is 23.6 Å². The highest BCUT2D eigenvalue weighted by molar-refractivity contribution is 6.33. The number of amides is 1. The Hall–Kier alpha value is -2.38. The van der Waals surface area contributed by atoms with Crippen molar-refractivity contribution in [2.45, 2.75) is 31.8 Å². The fraction of sp³-hybridized carbons (Fsp3) is 0.353. The molecule has 0 bridgehead atoms. The van der Waals surface area contributed by atoms with Crippen LogP contribution >= 0.6 is 11.6 Å². The second-order valence-corrected chi connectivity index (χ2v) is 6.31. The average molecular weight is 364 g/mol. The van der Waals surface area contributed by atoms with Gasteiger partial charge in [-0.3, -0.25) is 20.2 Å². The predicted octanol–water partition coefficient (Wildman–Crippen LogP) is 3.27. The van der Waals surface area contributed by atoms with Crippen LogP contribution in [-0.2, 0) is 11.3 Å². The van der Waals surface area contributed by atoms with Crippen molar-refractivity contribution in [2.75, 3.05) is 6.54 Å². The van der Waals surface area contributed by atoms with E-state index in [0.717, 1.165) is 25.8 Å². The molecule has 7 nitrogen and oxygen atoms in total. The summed E-state index contributed by atoms with van der Waals surface area (Å²) in [5.41, 5.74) is 0.521. The number of carbonyl (C=O) groups is 1. The van der Waals surface area contributed by atoms with E-state index in [1.165, 1.54) is 12.1 Å². The van der Waals surface area contributed by atoms with Gasteiger partial charge in [-0.05, 0) is 37.5 Å². The number of hydrogen-bond acceptors (Lipinski definition) is 5. The lowest BCUT2D eigenvalue weighted by Gasteiger charge is -2.13. The highest BCUT2D eigenvalue weighted by Crippen LogP contribution is 2.32. The second-order valence-electron chi connectivity index (χ2n) is 5.91. The standard InChI is InChI=1S/C17H18ClN3O4/c18-14-9-11(21(23)24)4-6-13(14)16-7-5-12(25-16)10-20-15-3-1-2-8-19-17(15)22/h4-7,9,15,20H,1-3,8,10H2,(H,19,22). The van der Waals surface area contributed by atoms with Crippen LogP contribution in [0.2, 0.25) is 5.02 Å². The van der Waals surface area contributed by atoms with Gasteiger partial charge >= 0.3 is 0 Å². The van der Waals surface area contributed by atoms with Gasteiger partial charge in [-0.2, -0.15) is 0 Å². The zero-order valence-corrected chi connectivity index (χ0v) is 14.2. The summed E-state index contributed by atoms with van der Waals surface area (Å²) in [6, 6.07) is 7.59. The van der Waals surface area contributed by atoms with Gasteiger partial charge in [-0.25, -0.2) is 0 Å². The topological polar surface area (TPSA) is 97.4 Å². The van der Waals surface area contributed by atoms with Gasteiger partial charge in [0, 0.05) is 24.2 Å². The molecule has 3 rings (SSSR count). The number of hydrogen-bond donors (Lipinski definition) is 2. The third-order valence-electron chi connectivity index (χ3n) is 4.15. The molecule has 25 heavy (non-hydrogen) atoms. The highest BCUT2D eigenvalue weighted by atomic mass is 35.5. The van der Waals surface area contributed by atoms with Crippen molar-refractivity contribution in [1.82, 2.24) is 10.6 Å². The molecular weight excluding hydrogens is 346 g/mol. The molecule has 8 heteroatoms. The monoisotopic (exact) mass is 363 g/mol. The SMILES string of the molecule is O=C1NCCCCC1NCc1ccc(-c2ccc([N+](=O)[O-])cc2Cl)o1. The van der Waals surface area contributed by atoms with E-state index in [4.69, 9.17) is 16.0 Å². The number of carbonyl (C=O) groups excluding carboxylic acids is 1. The van der Waals surface area contributed by atoms with Crippen LogP contribution in [0.3, 0.4) is 0 Å². The summed E-state index contributed by atoms with van der Waals surface area (Å²) in [6.07, 6.45) is 2.79. The Balaban J connectivity index is 1.68. The van der Waals surface area contributed by atoms with Crippen LogP contribution in [0.1, 0.15) is 25.0 Å². The molecule has 1 aromatic heterocycles. The Bertz CT molecular complexity index is 790. The Morgan fingerprint density at radius 1 is 1.32 bits per heavy atom. The third-order valence-corrected chi connectivity index (χ3v) is 4.46. The van der Waals surface area contributed by atoms with E-state index >= 15 is 0 Å². The molecule has 2 heterocycles. The van der Waals surface area contributed by atoms with Crippen LogP contribution in [0.4, 0.5) is 5.69 Å². The maximum Gasteiger partial charge on any atom is 0.270 e. The minimum atomic E-state index is -0.495. The quantitative estimate of drug-likeness (QED) is 0.627. The first-order valence-corrected chi connectivity index (χ1v) is 8.46. The molecule has 0 saturated carbocycles. The summed E-state index contributed by atoms with van der Waals surface area (Å²) < 4.78 is 5.76. The molecule has 1 unspecified atom stereocenters. The number of rotatable bonds is 5. The summed E-state index contributed by atoms with van der Waals surface area (Å²) in [7, 11) is 0. The fourth-order valence-electron chi connectivity index (χ4n) is 2.79.